The molecule has 4 aliphatic carbocycles. The van der Waals surface area contributed by atoms with E-state index >= 15 is 0 Å². The molecule has 24 heavy (non-hydrogen) atoms. The van der Waals surface area contributed by atoms with Crippen LogP contribution in [0.2, 0.25) is 0 Å². The second-order valence-corrected chi connectivity index (χ2v) is 9.24. The summed E-state index contributed by atoms with van der Waals surface area (Å²) in [7, 11) is 1.87. The minimum absolute atomic E-state index is 0.0771. The highest BCUT2D eigenvalue weighted by Gasteiger charge is 2.65. The topological polar surface area (TPSA) is 39.1 Å². The summed E-state index contributed by atoms with van der Waals surface area (Å²) in [6.07, 6.45) is 13.9. The van der Waals surface area contributed by atoms with Crippen LogP contribution in [0.3, 0.4) is 0 Å². The van der Waals surface area contributed by atoms with Crippen molar-refractivity contribution in [3.63, 3.8) is 0 Å². The number of unbranched alkanes of at least 4 members (excludes halogenated alkanes) is 3. The van der Waals surface area contributed by atoms with Crippen molar-refractivity contribution in [3.8, 4) is 0 Å². The first-order chi connectivity index (χ1) is 11.7. The van der Waals surface area contributed by atoms with Crippen LogP contribution in [0.5, 0.6) is 0 Å². The summed E-state index contributed by atoms with van der Waals surface area (Å²) >= 11 is 0. The molecule has 0 aromatic heterocycles. The third-order valence-corrected chi connectivity index (χ3v) is 7.98. The molecule has 0 saturated heterocycles. The summed E-state index contributed by atoms with van der Waals surface area (Å²) in [5.74, 6) is 4.54. The highest BCUT2D eigenvalue weighted by Crippen LogP contribution is 2.74. The van der Waals surface area contributed by atoms with Crippen molar-refractivity contribution >= 4 is 5.97 Å². The van der Waals surface area contributed by atoms with Gasteiger partial charge in [-0.2, -0.15) is 0 Å². The molecule has 1 N–H and O–H groups in total. The molecule has 0 radical (unpaired) electrons. The summed E-state index contributed by atoms with van der Waals surface area (Å²) in [4.78, 5) is 12.3. The fourth-order valence-electron chi connectivity index (χ4n) is 6.95. The number of esters is 1. The Balaban J connectivity index is 1.17. The number of ether oxygens (including phenoxy) is 2. The zero-order valence-electron chi connectivity index (χ0n) is 15.3. The number of aliphatic hydroxyl groups is 2. The number of hydrogen-bond acceptors (Lipinski definition) is 2. The maximum Gasteiger partial charge on any atom is 0.306 e. The van der Waals surface area contributed by atoms with Crippen molar-refractivity contribution in [2.45, 2.75) is 70.6 Å². The minimum Gasteiger partial charge on any atom is -0.466 e. The van der Waals surface area contributed by atoms with E-state index in [2.05, 4.69) is 4.74 Å². The average molecular weight is 336 g/mol. The zero-order valence-corrected chi connectivity index (χ0v) is 15.3. The van der Waals surface area contributed by atoms with Gasteiger partial charge in [-0.05, 0) is 92.8 Å². The Morgan fingerprint density at radius 1 is 1.04 bits per heavy atom. The summed E-state index contributed by atoms with van der Waals surface area (Å²) in [6.45, 7) is 1.59. The molecule has 4 saturated carbocycles. The van der Waals surface area contributed by atoms with Crippen LogP contribution < -0.4 is 0 Å². The maximum atomic E-state index is 12.3. The van der Waals surface area contributed by atoms with Crippen molar-refractivity contribution in [2.24, 2.45) is 35.0 Å². The molecule has 0 aliphatic heterocycles. The van der Waals surface area contributed by atoms with Gasteiger partial charge >= 0.3 is 5.97 Å². The van der Waals surface area contributed by atoms with E-state index in [0.29, 0.717) is 18.9 Å². The Morgan fingerprint density at radius 3 is 2.75 bits per heavy atom. The molecular formula is C21H35O3+. The molecule has 4 aliphatic rings. The second-order valence-electron chi connectivity index (χ2n) is 9.24. The molecule has 3 heteroatoms. The van der Waals surface area contributed by atoms with Crippen molar-refractivity contribution in [2.75, 3.05) is 20.3 Å². The number of rotatable bonds is 9. The van der Waals surface area contributed by atoms with Crippen molar-refractivity contribution in [1.29, 1.82) is 0 Å². The number of fused-ring (bicyclic) bond motifs is 2. The van der Waals surface area contributed by atoms with Gasteiger partial charge in [0, 0.05) is 12.8 Å². The molecule has 6 atom stereocenters. The van der Waals surface area contributed by atoms with E-state index in [9.17, 15) is 4.79 Å². The largest absolute Gasteiger partial charge is 0.466 e. The Labute approximate surface area is 146 Å². The van der Waals surface area contributed by atoms with Gasteiger partial charge in [0.05, 0.1) is 6.61 Å². The van der Waals surface area contributed by atoms with E-state index in [1.807, 2.05) is 7.11 Å². The van der Waals surface area contributed by atoms with Crippen LogP contribution in [0.1, 0.15) is 70.6 Å². The van der Waals surface area contributed by atoms with Gasteiger partial charge in [-0.1, -0.05) is 0 Å². The molecule has 136 valence electrons. The van der Waals surface area contributed by atoms with Crippen molar-refractivity contribution < 1.29 is 14.3 Å². The van der Waals surface area contributed by atoms with Gasteiger partial charge in [0.1, 0.15) is 13.7 Å². The van der Waals surface area contributed by atoms with E-state index in [4.69, 9.17) is 4.74 Å². The van der Waals surface area contributed by atoms with Gasteiger partial charge in [-0.3, -0.25) is 4.79 Å². The Bertz CT molecular complexity index is 462. The monoisotopic (exact) mass is 335 g/mol. The maximum absolute atomic E-state index is 12.3. The lowest BCUT2D eigenvalue weighted by atomic mass is 9.44. The summed E-state index contributed by atoms with van der Waals surface area (Å²) in [5.41, 5.74) is 0.749. The minimum atomic E-state index is 0.0771. The lowest BCUT2D eigenvalue weighted by Crippen LogP contribution is -2.53. The molecule has 1 spiro atoms. The highest BCUT2D eigenvalue weighted by molar-refractivity contribution is 5.69. The zero-order chi connectivity index (χ0) is 16.6. The molecule has 0 aromatic carbocycles. The summed E-state index contributed by atoms with van der Waals surface area (Å²) < 4.78 is 9.65. The second kappa shape index (κ2) is 6.97. The molecule has 0 aromatic rings. The van der Waals surface area contributed by atoms with Crippen LogP contribution in [0.4, 0.5) is 0 Å². The normalized spacial score (nSPS) is 41.8. The molecule has 5 unspecified atom stereocenters. The first-order valence-electron chi connectivity index (χ1n) is 10.4. The predicted octanol–water partition coefficient (Wildman–Crippen LogP) is 4.10. The predicted molar refractivity (Wildman–Crippen MR) is 94.6 cm³/mol. The number of carbonyl (C=O) groups is 1. The van der Waals surface area contributed by atoms with Gasteiger partial charge < -0.3 is 9.47 Å². The molecule has 4 rings (SSSR count). The number of hydrogen-bond donors (Lipinski definition) is 0. The molecule has 4 fully saturated rings. The van der Waals surface area contributed by atoms with Crippen LogP contribution in [0.25, 0.3) is 0 Å². The first-order valence-corrected chi connectivity index (χ1v) is 10.4. The fourth-order valence-corrected chi connectivity index (χ4v) is 6.95. The van der Waals surface area contributed by atoms with E-state index in [1.54, 1.807) is 0 Å². The summed E-state index contributed by atoms with van der Waals surface area (Å²) in [6, 6.07) is 0. The van der Waals surface area contributed by atoms with Gasteiger partial charge in [0.15, 0.2) is 0 Å². The van der Waals surface area contributed by atoms with E-state index in [0.717, 1.165) is 48.5 Å². The molecule has 3 nitrogen and oxygen atoms in total. The summed E-state index contributed by atoms with van der Waals surface area (Å²) in [5, 5.41) is 0. The standard InChI is InChI=1S/C21H34O3/c1-23-6-4-2-3-5-7-24-20(22)11-16-10-19-12-18-9-15-8-17(16)14-21(18,19)13-15/h15-19H,2-14H2,1H3/p+1/t15?,16?,17?,18?,19?,21-/m1/s1. The lowest BCUT2D eigenvalue weighted by molar-refractivity contribution is -0.152. The van der Waals surface area contributed by atoms with Crippen LogP contribution in [-0.4, -0.2) is 31.0 Å². The van der Waals surface area contributed by atoms with E-state index in [-0.39, 0.29) is 5.97 Å². The van der Waals surface area contributed by atoms with Crippen LogP contribution in [0, 0.1) is 35.0 Å². The average Bonchev–Trinajstić information content (AvgIpc) is 2.80. The SMILES string of the molecule is C[OH+]CCCCCCOC(=O)CC1CC2CC3CC4CC1C[C@]32C4. The quantitative estimate of drug-likeness (QED) is 0.361. The molecular weight excluding hydrogens is 300 g/mol. The molecule has 0 heterocycles. The third kappa shape index (κ3) is 3.02. The Kier molecular flexibility index (Phi) is 4.90. The lowest BCUT2D eigenvalue weighted by Gasteiger charge is -2.61. The number of carbonyl (C=O) groups excluding carboxylic acids is 1. The Morgan fingerprint density at radius 2 is 1.88 bits per heavy atom. The van der Waals surface area contributed by atoms with Gasteiger partial charge in [0.2, 0.25) is 0 Å². The van der Waals surface area contributed by atoms with Gasteiger partial charge in [-0.15, -0.1) is 0 Å². The fraction of sp³-hybridized carbons (Fsp3) is 0.952. The smallest absolute Gasteiger partial charge is 0.306 e. The molecule has 3 bridgehead atoms. The van der Waals surface area contributed by atoms with Crippen LogP contribution in [0.15, 0.2) is 0 Å². The third-order valence-electron chi connectivity index (χ3n) is 7.98. The highest BCUT2D eigenvalue weighted by atomic mass is 16.5. The van der Waals surface area contributed by atoms with Crippen molar-refractivity contribution in [1.82, 2.24) is 0 Å². The van der Waals surface area contributed by atoms with E-state index < -0.39 is 0 Å². The van der Waals surface area contributed by atoms with Crippen molar-refractivity contribution in [3.05, 3.63) is 0 Å². The van der Waals surface area contributed by atoms with E-state index in [1.165, 1.54) is 51.4 Å². The van der Waals surface area contributed by atoms with Crippen LogP contribution in [-0.2, 0) is 9.53 Å². The first kappa shape index (κ1) is 16.9. The van der Waals surface area contributed by atoms with Crippen LogP contribution >= 0.6 is 0 Å². The van der Waals surface area contributed by atoms with Gasteiger partial charge in [0.25, 0.3) is 0 Å². The molecule has 0 amide bonds. The Hall–Kier alpha value is -0.570. The van der Waals surface area contributed by atoms with Gasteiger partial charge in [-0.25, -0.2) is 0 Å².